The van der Waals surface area contributed by atoms with E-state index in [4.69, 9.17) is 0 Å². The van der Waals surface area contributed by atoms with E-state index >= 15 is 0 Å². The Kier molecular flexibility index (Phi) is 7.33. The SMILES string of the molecule is CCC(C)NC(=O)c1cccc(CNC(=O)CCc2ccccc2F)c1. The average molecular weight is 356 g/mol. The van der Waals surface area contributed by atoms with Crippen molar-refractivity contribution in [3.8, 4) is 0 Å². The summed E-state index contributed by atoms with van der Waals surface area (Å²) in [4.78, 5) is 24.2. The molecule has 0 fully saturated rings. The second-order valence-electron chi connectivity index (χ2n) is 6.35. The van der Waals surface area contributed by atoms with E-state index in [0.29, 0.717) is 24.1 Å². The molecule has 138 valence electrons. The standard InChI is InChI=1S/C21H25FN2O2/c1-3-15(2)24-21(26)18-9-6-7-16(13-18)14-23-20(25)12-11-17-8-4-5-10-19(17)22/h4-10,13,15H,3,11-12,14H2,1-2H3,(H,23,25)(H,24,26). The Morgan fingerprint density at radius 3 is 2.62 bits per heavy atom. The average Bonchev–Trinajstić information content (AvgIpc) is 2.65. The molecule has 2 amide bonds. The zero-order valence-electron chi connectivity index (χ0n) is 15.2. The minimum atomic E-state index is -0.291. The predicted molar refractivity (Wildman–Crippen MR) is 100 cm³/mol. The highest BCUT2D eigenvalue weighted by Crippen LogP contribution is 2.09. The molecule has 0 aliphatic rings. The fraction of sp³-hybridized carbons (Fsp3) is 0.333. The van der Waals surface area contributed by atoms with Crippen molar-refractivity contribution in [2.24, 2.45) is 0 Å². The smallest absolute Gasteiger partial charge is 0.251 e. The summed E-state index contributed by atoms with van der Waals surface area (Å²) in [7, 11) is 0. The van der Waals surface area contributed by atoms with Crippen LogP contribution in [0.1, 0.15) is 48.2 Å². The molecule has 5 heteroatoms. The quantitative estimate of drug-likeness (QED) is 0.759. The van der Waals surface area contributed by atoms with Crippen molar-refractivity contribution in [3.05, 3.63) is 71.0 Å². The monoisotopic (exact) mass is 356 g/mol. The Balaban J connectivity index is 1.85. The molecule has 0 saturated heterocycles. The summed E-state index contributed by atoms with van der Waals surface area (Å²) in [6.45, 7) is 4.30. The summed E-state index contributed by atoms with van der Waals surface area (Å²) in [6.07, 6.45) is 1.44. The molecule has 0 spiro atoms. The Bertz CT molecular complexity index is 761. The first-order valence-electron chi connectivity index (χ1n) is 8.89. The summed E-state index contributed by atoms with van der Waals surface area (Å²) < 4.78 is 13.6. The highest BCUT2D eigenvalue weighted by Gasteiger charge is 2.10. The van der Waals surface area contributed by atoms with Crippen molar-refractivity contribution in [1.29, 1.82) is 0 Å². The molecule has 0 saturated carbocycles. The summed E-state index contributed by atoms with van der Waals surface area (Å²) in [5.74, 6) is -0.560. The van der Waals surface area contributed by atoms with E-state index in [0.717, 1.165) is 12.0 Å². The number of carbonyl (C=O) groups excluding carboxylic acids is 2. The largest absolute Gasteiger partial charge is 0.352 e. The number of nitrogens with one attached hydrogen (secondary N) is 2. The fourth-order valence-electron chi connectivity index (χ4n) is 2.47. The second kappa shape index (κ2) is 9.70. The molecule has 0 aliphatic carbocycles. The lowest BCUT2D eigenvalue weighted by Crippen LogP contribution is -2.32. The maximum absolute atomic E-state index is 13.6. The number of rotatable bonds is 8. The number of aryl methyl sites for hydroxylation is 1. The van der Waals surface area contributed by atoms with Crippen LogP contribution in [-0.2, 0) is 17.8 Å². The number of amides is 2. The van der Waals surface area contributed by atoms with Crippen molar-refractivity contribution in [2.45, 2.75) is 45.7 Å². The number of hydrogen-bond donors (Lipinski definition) is 2. The molecule has 1 atom stereocenters. The highest BCUT2D eigenvalue weighted by atomic mass is 19.1. The Labute approximate surface area is 153 Å². The minimum absolute atomic E-state index is 0.115. The third-order valence-electron chi connectivity index (χ3n) is 4.25. The van der Waals surface area contributed by atoms with Crippen LogP contribution in [0, 0.1) is 5.82 Å². The van der Waals surface area contributed by atoms with Gasteiger partial charge in [0.15, 0.2) is 0 Å². The van der Waals surface area contributed by atoms with E-state index in [-0.39, 0.29) is 30.1 Å². The first kappa shape index (κ1) is 19.6. The van der Waals surface area contributed by atoms with Gasteiger partial charge < -0.3 is 10.6 Å². The topological polar surface area (TPSA) is 58.2 Å². The molecule has 1 unspecified atom stereocenters. The van der Waals surface area contributed by atoms with Crippen molar-refractivity contribution in [2.75, 3.05) is 0 Å². The van der Waals surface area contributed by atoms with E-state index in [2.05, 4.69) is 10.6 Å². The van der Waals surface area contributed by atoms with Crippen LogP contribution < -0.4 is 10.6 Å². The van der Waals surface area contributed by atoms with Gasteiger partial charge >= 0.3 is 0 Å². The Morgan fingerprint density at radius 2 is 1.88 bits per heavy atom. The van der Waals surface area contributed by atoms with E-state index in [1.54, 1.807) is 36.4 Å². The normalized spacial score (nSPS) is 11.7. The van der Waals surface area contributed by atoms with E-state index in [9.17, 15) is 14.0 Å². The van der Waals surface area contributed by atoms with E-state index < -0.39 is 0 Å². The maximum atomic E-state index is 13.6. The summed E-state index contributed by atoms with van der Waals surface area (Å²) in [6, 6.07) is 13.8. The zero-order valence-corrected chi connectivity index (χ0v) is 15.2. The molecule has 2 rings (SSSR count). The molecule has 2 N–H and O–H groups in total. The van der Waals surface area contributed by atoms with Crippen LogP contribution in [0.3, 0.4) is 0 Å². The van der Waals surface area contributed by atoms with E-state index in [1.807, 2.05) is 19.9 Å². The molecule has 2 aromatic rings. The summed E-state index contributed by atoms with van der Waals surface area (Å²) in [5, 5.41) is 5.73. The van der Waals surface area contributed by atoms with E-state index in [1.165, 1.54) is 6.07 Å². The molecular formula is C21H25FN2O2. The van der Waals surface area contributed by atoms with Gasteiger partial charge in [-0.25, -0.2) is 4.39 Å². The number of carbonyl (C=O) groups is 2. The number of benzene rings is 2. The first-order valence-corrected chi connectivity index (χ1v) is 8.89. The molecule has 0 aliphatic heterocycles. The minimum Gasteiger partial charge on any atom is -0.352 e. The van der Waals surface area contributed by atoms with Gasteiger partial charge in [-0.05, 0) is 49.1 Å². The molecule has 0 heterocycles. The molecule has 26 heavy (non-hydrogen) atoms. The van der Waals surface area contributed by atoms with Crippen LogP contribution >= 0.6 is 0 Å². The summed E-state index contributed by atoms with van der Waals surface area (Å²) >= 11 is 0. The Hall–Kier alpha value is -2.69. The van der Waals surface area contributed by atoms with Crippen LogP contribution in [0.5, 0.6) is 0 Å². The van der Waals surface area contributed by atoms with Crippen LogP contribution in [0.2, 0.25) is 0 Å². The Morgan fingerprint density at radius 1 is 1.12 bits per heavy atom. The molecular weight excluding hydrogens is 331 g/mol. The van der Waals surface area contributed by atoms with Gasteiger partial charge in [0.1, 0.15) is 5.82 Å². The van der Waals surface area contributed by atoms with Gasteiger partial charge in [0, 0.05) is 24.6 Å². The van der Waals surface area contributed by atoms with Gasteiger partial charge in [0.2, 0.25) is 5.91 Å². The molecule has 0 radical (unpaired) electrons. The van der Waals surface area contributed by atoms with Gasteiger partial charge in [0.05, 0.1) is 0 Å². The lowest BCUT2D eigenvalue weighted by atomic mass is 10.1. The van der Waals surface area contributed by atoms with Crippen LogP contribution in [-0.4, -0.2) is 17.9 Å². The van der Waals surface area contributed by atoms with Gasteiger partial charge in [-0.3, -0.25) is 9.59 Å². The van der Waals surface area contributed by atoms with Gasteiger partial charge in [-0.15, -0.1) is 0 Å². The first-order chi connectivity index (χ1) is 12.5. The van der Waals surface area contributed by atoms with Gasteiger partial charge in [0.25, 0.3) is 5.91 Å². The molecule has 4 nitrogen and oxygen atoms in total. The van der Waals surface area contributed by atoms with Crippen molar-refractivity contribution in [1.82, 2.24) is 10.6 Å². The van der Waals surface area contributed by atoms with Crippen molar-refractivity contribution >= 4 is 11.8 Å². The number of halogens is 1. The van der Waals surface area contributed by atoms with Crippen LogP contribution in [0.15, 0.2) is 48.5 Å². The second-order valence-corrected chi connectivity index (χ2v) is 6.35. The van der Waals surface area contributed by atoms with Gasteiger partial charge in [-0.1, -0.05) is 37.3 Å². The van der Waals surface area contributed by atoms with Crippen LogP contribution in [0.4, 0.5) is 4.39 Å². The van der Waals surface area contributed by atoms with Crippen LogP contribution in [0.25, 0.3) is 0 Å². The zero-order chi connectivity index (χ0) is 18.9. The molecule has 0 bridgehead atoms. The lowest BCUT2D eigenvalue weighted by Gasteiger charge is -2.12. The predicted octanol–water partition coefficient (Wildman–Crippen LogP) is 3.60. The molecule has 0 aromatic heterocycles. The van der Waals surface area contributed by atoms with Gasteiger partial charge in [-0.2, -0.15) is 0 Å². The third kappa shape index (κ3) is 5.99. The molecule has 2 aromatic carbocycles. The highest BCUT2D eigenvalue weighted by molar-refractivity contribution is 5.94. The fourth-order valence-corrected chi connectivity index (χ4v) is 2.47. The van der Waals surface area contributed by atoms with Crippen molar-refractivity contribution in [3.63, 3.8) is 0 Å². The number of hydrogen-bond acceptors (Lipinski definition) is 2. The maximum Gasteiger partial charge on any atom is 0.251 e. The van der Waals surface area contributed by atoms with Crippen molar-refractivity contribution < 1.29 is 14.0 Å². The lowest BCUT2D eigenvalue weighted by molar-refractivity contribution is -0.121. The third-order valence-corrected chi connectivity index (χ3v) is 4.25. The summed E-state index contributed by atoms with van der Waals surface area (Å²) in [5.41, 5.74) is 1.95.